The molecule has 2 amide bonds. The highest BCUT2D eigenvalue weighted by Crippen LogP contribution is 2.24. The van der Waals surface area contributed by atoms with Crippen molar-refractivity contribution >= 4 is 27.2 Å². The van der Waals surface area contributed by atoms with Crippen molar-refractivity contribution in [1.29, 1.82) is 0 Å². The molecular weight excluding hydrogens is 338 g/mol. The first-order chi connectivity index (χ1) is 11.9. The summed E-state index contributed by atoms with van der Waals surface area (Å²) >= 11 is 0. The van der Waals surface area contributed by atoms with Gasteiger partial charge in [0.25, 0.3) is 0 Å². The molecule has 3 rings (SSSR count). The quantitative estimate of drug-likeness (QED) is 0.860. The van der Waals surface area contributed by atoms with Gasteiger partial charge in [-0.1, -0.05) is 19.3 Å². The van der Waals surface area contributed by atoms with E-state index in [-0.39, 0.29) is 29.6 Å². The summed E-state index contributed by atoms with van der Waals surface area (Å²) in [6, 6.07) is 7.70. The fourth-order valence-electron chi connectivity index (χ4n) is 3.67. The second kappa shape index (κ2) is 7.64. The molecule has 1 unspecified atom stereocenters. The molecule has 2 N–H and O–H groups in total. The Morgan fingerprint density at radius 1 is 1.08 bits per heavy atom. The zero-order valence-corrected chi connectivity index (χ0v) is 15.5. The Kier molecular flexibility index (Phi) is 5.51. The molecular formula is C18H27N3O3S. The van der Waals surface area contributed by atoms with Gasteiger partial charge >= 0.3 is 6.03 Å². The van der Waals surface area contributed by atoms with E-state index in [0.717, 1.165) is 24.2 Å². The fourth-order valence-corrected chi connectivity index (χ4v) is 5.45. The number of rotatable bonds is 4. The number of nitrogens with one attached hydrogen (secondary N) is 2. The summed E-state index contributed by atoms with van der Waals surface area (Å²) in [5.41, 5.74) is 1.70. The molecule has 1 saturated heterocycles. The van der Waals surface area contributed by atoms with Crippen molar-refractivity contribution < 1.29 is 13.2 Å². The minimum absolute atomic E-state index is 0.0263. The topological polar surface area (TPSA) is 78.5 Å². The van der Waals surface area contributed by atoms with Crippen molar-refractivity contribution in [2.24, 2.45) is 0 Å². The van der Waals surface area contributed by atoms with Crippen molar-refractivity contribution in [2.45, 2.75) is 50.6 Å². The maximum Gasteiger partial charge on any atom is 0.319 e. The number of hydrogen-bond acceptors (Lipinski definition) is 4. The number of carbonyl (C=O) groups excluding carboxylic acids is 1. The molecule has 7 heteroatoms. The second-order valence-corrected chi connectivity index (χ2v) is 9.38. The zero-order chi connectivity index (χ0) is 17.9. The van der Waals surface area contributed by atoms with Gasteiger partial charge in [-0.05, 0) is 43.5 Å². The van der Waals surface area contributed by atoms with Gasteiger partial charge in [0.1, 0.15) is 0 Å². The predicted molar refractivity (Wildman–Crippen MR) is 101 cm³/mol. The lowest BCUT2D eigenvalue weighted by atomic mass is 9.96. The Balaban J connectivity index is 1.54. The molecule has 0 spiro atoms. The first-order valence-electron chi connectivity index (χ1n) is 9.04. The zero-order valence-electron chi connectivity index (χ0n) is 14.7. The van der Waals surface area contributed by atoms with Crippen molar-refractivity contribution in [1.82, 2.24) is 5.32 Å². The van der Waals surface area contributed by atoms with Gasteiger partial charge in [0.2, 0.25) is 0 Å². The van der Waals surface area contributed by atoms with Crippen molar-refractivity contribution in [3.05, 3.63) is 24.3 Å². The molecule has 2 aliphatic rings. The molecule has 1 aliphatic carbocycles. The molecule has 1 saturated carbocycles. The Morgan fingerprint density at radius 2 is 1.76 bits per heavy atom. The molecule has 2 fully saturated rings. The van der Waals surface area contributed by atoms with Crippen LogP contribution in [-0.2, 0) is 9.84 Å². The average molecular weight is 365 g/mol. The number of amides is 2. The number of urea groups is 1. The van der Waals surface area contributed by atoms with E-state index in [1.54, 1.807) is 0 Å². The van der Waals surface area contributed by atoms with E-state index in [1.807, 2.05) is 36.2 Å². The number of carbonyl (C=O) groups is 1. The van der Waals surface area contributed by atoms with Crippen LogP contribution in [0.3, 0.4) is 0 Å². The maximum absolute atomic E-state index is 12.1. The average Bonchev–Trinajstić information content (AvgIpc) is 2.96. The lowest BCUT2D eigenvalue weighted by Crippen LogP contribution is -2.39. The predicted octanol–water partition coefficient (Wildman–Crippen LogP) is 2.76. The molecule has 1 heterocycles. The van der Waals surface area contributed by atoms with Gasteiger partial charge in [-0.25, -0.2) is 13.2 Å². The van der Waals surface area contributed by atoms with Gasteiger partial charge in [-0.2, -0.15) is 0 Å². The van der Waals surface area contributed by atoms with Crippen LogP contribution in [0.4, 0.5) is 16.2 Å². The van der Waals surface area contributed by atoms with Crippen LogP contribution in [-0.4, -0.2) is 45.1 Å². The summed E-state index contributed by atoms with van der Waals surface area (Å²) in [7, 11) is -0.973. The molecule has 0 aromatic heterocycles. The summed E-state index contributed by atoms with van der Waals surface area (Å²) in [5, 5.41) is 5.90. The van der Waals surface area contributed by atoms with Crippen molar-refractivity contribution in [3.8, 4) is 0 Å². The molecule has 1 atom stereocenters. The molecule has 25 heavy (non-hydrogen) atoms. The summed E-state index contributed by atoms with van der Waals surface area (Å²) in [6.45, 7) is 0. The monoisotopic (exact) mass is 365 g/mol. The van der Waals surface area contributed by atoms with E-state index in [0.29, 0.717) is 6.42 Å². The van der Waals surface area contributed by atoms with Gasteiger partial charge in [-0.3, -0.25) is 0 Å². The maximum atomic E-state index is 12.1. The SMILES string of the molecule is CN(c1ccc(NC(=O)NC2CCCCC2)cc1)C1CCS(=O)(=O)C1. The van der Waals surface area contributed by atoms with Gasteiger partial charge in [-0.15, -0.1) is 0 Å². The second-order valence-electron chi connectivity index (χ2n) is 7.15. The van der Waals surface area contributed by atoms with Crippen LogP contribution in [0.5, 0.6) is 0 Å². The Labute approximate surface area is 149 Å². The number of hydrogen-bond donors (Lipinski definition) is 2. The normalized spacial score (nSPS) is 23.2. The number of sulfone groups is 1. The van der Waals surface area contributed by atoms with Crippen molar-refractivity contribution in [3.63, 3.8) is 0 Å². The van der Waals surface area contributed by atoms with Gasteiger partial charge in [0, 0.05) is 30.5 Å². The summed E-state index contributed by atoms with van der Waals surface area (Å²) in [4.78, 5) is 14.1. The van der Waals surface area contributed by atoms with Crippen LogP contribution in [0.2, 0.25) is 0 Å². The van der Waals surface area contributed by atoms with Crippen LogP contribution < -0.4 is 15.5 Å². The summed E-state index contributed by atoms with van der Waals surface area (Å²) in [6.07, 6.45) is 6.41. The number of benzene rings is 1. The third-order valence-corrected chi connectivity index (χ3v) is 6.98. The lowest BCUT2D eigenvalue weighted by molar-refractivity contribution is 0.244. The van der Waals surface area contributed by atoms with Crippen LogP contribution >= 0.6 is 0 Å². The molecule has 0 bridgehead atoms. The molecule has 6 nitrogen and oxygen atoms in total. The molecule has 1 aromatic rings. The Bertz CT molecular complexity index is 697. The highest BCUT2D eigenvalue weighted by molar-refractivity contribution is 7.91. The van der Waals surface area contributed by atoms with E-state index in [4.69, 9.17) is 0 Å². The summed E-state index contributed by atoms with van der Waals surface area (Å²) in [5.74, 6) is 0.482. The highest BCUT2D eigenvalue weighted by Gasteiger charge is 2.30. The Morgan fingerprint density at radius 3 is 2.36 bits per heavy atom. The first-order valence-corrected chi connectivity index (χ1v) is 10.9. The minimum atomic E-state index is -2.89. The largest absolute Gasteiger partial charge is 0.371 e. The number of nitrogens with zero attached hydrogens (tertiary/aromatic N) is 1. The standard InChI is InChI=1S/C18H27N3O3S/c1-21(17-11-12-25(23,24)13-17)16-9-7-15(8-10-16)20-18(22)19-14-5-3-2-4-6-14/h7-10,14,17H,2-6,11-13H2,1H3,(H2,19,20,22). The van der Waals surface area contributed by atoms with Crippen LogP contribution in [0.25, 0.3) is 0 Å². The van der Waals surface area contributed by atoms with Gasteiger partial charge < -0.3 is 15.5 Å². The highest BCUT2D eigenvalue weighted by atomic mass is 32.2. The van der Waals surface area contributed by atoms with Crippen LogP contribution in [0.15, 0.2) is 24.3 Å². The van der Waals surface area contributed by atoms with Crippen LogP contribution in [0.1, 0.15) is 38.5 Å². The molecule has 1 aliphatic heterocycles. The van der Waals surface area contributed by atoms with E-state index in [2.05, 4.69) is 10.6 Å². The van der Waals surface area contributed by atoms with Gasteiger partial charge in [0.05, 0.1) is 11.5 Å². The smallest absolute Gasteiger partial charge is 0.319 e. The third-order valence-electron chi connectivity index (χ3n) is 5.23. The van der Waals surface area contributed by atoms with Crippen LogP contribution in [0, 0.1) is 0 Å². The van der Waals surface area contributed by atoms with E-state index in [1.165, 1.54) is 19.3 Å². The third kappa shape index (κ3) is 4.87. The van der Waals surface area contributed by atoms with Gasteiger partial charge in [0.15, 0.2) is 9.84 Å². The van der Waals surface area contributed by atoms with E-state index in [9.17, 15) is 13.2 Å². The fraction of sp³-hybridized carbons (Fsp3) is 0.611. The molecule has 138 valence electrons. The van der Waals surface area contributed by atoms with Crippen molar-refractivity contribution in [2.75, 3.05) is 28.8 Å². The summed E-state index contributed by atoms with van der Waals surface area (Å²) < 4.78 is 23.3. The first kappa shape index (κ1) is 18.0. The lowest BCUT2D eigenvalue weighted by Gasteiger charge is -2.26. The minimum Gasteiger partial charge on any atom is -0.371 e. The van der Waals surface area contributed by atoms with E-state index < -0.39 is 9.84 Å². The number of anilines is 2. The Hall–Kier alpha value is -1.76. The molecule has 1 aromatic carbocycles. The van der Waals surface area contributed by atoms with E-state index >= 15 is 0 Å². The molecule has 0 radical (unpaired) electrons.